The number of primary amides is 1. The maximum atomic E-state index is 13.9. The van der Waals surface area contributed by atoms with E-state index in [0.717, 1.165) is 39.1 Å². The Morgan fingerprint density at radius 3 is 2.64 bits per heavy atom. The molecule has 1 aromatic rings. The lowest BCUT2D eigenvalue weighted by molar-refractivity contribution is -0.118. The van der Waals surface area contributed by atoms with E-state index in [4.69, 9.17) is 17.3 Å². The number of halogens is 2. The summed E-state index contributed by atoms with van der Waals surface area (Å²) in [5.74, 6) is 0.0161. The molecule has 1 aliphatic heterocycles. The average molecular weight is 430 g/mol. The molecule has 1 saturated heterocycles. The molecule has 9 heteroatoms. The number of amides is 2. The second-order valence-corrected chi connectivity index (χ2v) is 8.08. The third-order valence-corrected chi connectivity index (χ3v) is 5.74. The molecule has 155 valence electrons. The van der Waals surface area contributed by atoms with Crippen LogP contribution in [0.25, 0.3) is 0 Å². The van der Waals surface area contributed by atoms with Crippen molar-refractivity contribution in [2.75, 3.05) is 50.8 Å². The molecule has 0 aromatic heterocycles. The summed E-state index contributed by atoms with van der Waals surface area (Å²) in [7, 11) is 0. The van der Waals surface area contributed by atoms with E-state index in [2.05, 4.69) is 15.1 Å². The number of hydrogen-bond donors (Lipinski definition) is 2. The first-order chi connectivity index (χ1) is 13.5. The van der Waals surface area contributed by atoms with Gasteiger partial charge in [-0.3, -0.25) is 14.5 Å². The van der Waals surface area contributed by atoms with Crippen LogP contribution in [0.3, 0.4) is 0 Å². The van der Waals surface area contributed by atoms with Crippen LogP contribution >= 0.6 is 23.4 Å². The van der Waals surface area contributed by atoms with Gasteiger partial charge in [0.1, 0.15) is 5.82 Å². The smallest absolute Gasteiger partial charge is 0.229 e. The standard InChI is InChI=1S/C19H27ClFN4O2S/c20-16-3-1-4-17(21)15(16)13-25-10-8-24(9-11-25)7-2-6-23-19(27)14-28-12-5-18(22)26/h1,3-5H,2,6-14H2,(H2,22,26)(H,23,27). The quantitative estimate of drug-likeness (QED) is 0.521. The van der Waals surface area contributed by atoms with Crippen LogP contribution in [0.2, 0.25) is 5.02 Å². The topological polar surface area (TPSA) is 78.7 Å². The normalized spacial score (nSPS) is 15.5. The zero-order valence-corrected chi connectivity index (χ0v) is 17.4. The van der Waals surface area contributed by atoms with Gasteiger partial charge in [0, 0.05) is 55.6 Å². The van der Waals surface area contributed by atoms with Crippen LogP contribution in [0, 0.1) is 12.2 Å². The molecule has 2 rings (SSSR count). The molecule has 1 aromatic carbocycles. The van der Waals surface area contributed by atoms with Crippen molar-refractivity contribution in [1.29, 1.82) is 0 Å². The summed E-state index contributed by atoms with van der Waals surface area (Å²) in [6, 6.07) is 4.79. The minimum Gasteiger partial charge on any atom is -0.369 e. The van der Waals surface area contributed by atoms with Gasteiger partial charge >= 0.3 is 0 Å². The van der Waals surface area contributed by atoms with Crippen LogP contribution in [0.4, 0.5) is 4.39 Å². The number of nitrogens with zero attached hydrogens (tertiary/aromatic N) is 2. The minimum absolute atomic E-state index is 0.0329. The van der Waals surface area contributed by atoms with Crippen molar-refractivity contribution in [1.82, 2.24) is 15.1 Å². The Balaban J connectivity index is 1.55. The molecule has 1 aliphatic rings. The number of benzene rings is 1. The Labute approximate surface area is 174 Å². The molecular weight excluding hydrogens is 403 g/mol. The highest BCUT2D eigenvalue weighted by molar-refractivity contribution is 8.00. The van der Waals surface area contributed by atoms with E-state index in [1.54, 1.807) is 12.1 Å². The summed E-state index contributed by atoms with van der Waals surface area (Å²) in [6.07, 6.45) is 2.24. The van der Waals surface area contributed by atoms with Gasteiger partial charge in [-0.05, 0) is 25.1 Å². The van der Waals surface area contributed by atoms with Gasteiger partial charge in [0.05, 0.1) is 12.2 Å². The molecule has 0 unspecified atom stereocenters. The summed E-state index contributed by atoms with van der Waals surface area (Å²) in [4.78, 5) is 26.8. The van der Waals surface area contributed by atoms with Crippen molar-refractivity contribution in [3.05, 3.63) is 41.0 Å². The van der Waals surface area contributed by atoms with Crippen molar-refractivity contribution in [2.45, 2.75) is 13.0 Å². The van der Waals surface area contributed by atoms with Gasteiger partial charge in [0.25, 0.3) is 0 Å². The largest absolute Gasteiger partial charge is 0.369 e. The summed E-state index contributed by atoms with van der Waals surface area (Å²) < 4.78 is 13.9. The van der Waals surface area contributed by atoms with Crippen LogP contribution in [0.15, 0.2) is 18.2 Å². The molecule has 1 radical (unpaired) electrons. The molecular formula is C19H27ClFN4O2S. The zero-order chi connectivity index (χ0) is 20.4. The molecule has 28 heavy (non-hydrogen) atoms. The molecule has 2 amide bonds. The predicted octanol–water partition coefficient (Wildman–Crippen LogP) is 1.53. The second kappa shape index (κ2) is 12.3. The summed E-state index contributed by atoms with van der Waals surface area (Å²) in [5.41, 5.74) is 5.56. The van der Waals surface area contributed by atoms with Crippen molar-refractivity contribution < 1.29 is 14.0 Å². The average Bonchev–Trinajstić information content (AvgIpc) is 2.66. The number of hydrogen-bond acceptors (Lipinski definition) is 5. The number of rotatable bonds is 11. The second-order valence-electron chi connectivity index (χ2n) is 6.64. The van der Waals surface area contributed by atoms with Gasteiger partial charge in [-0.25, -0.2) is 4.39 Å². The zero-order valence-electron chi connectivity index (χ0n) is 15.8. The van der Waals surface area contributed by atoms with E-state index < -0.39 is 5.91 Å². The fraction of sp³-hybridized carbons (Fsp3) is 0.526. The lowest BCUT2D eigenvalue weighted by Crippen LogP contribution is -2.46. The fourth-order valence-electron chi connectivity index (χ4n) is 2.95. The first kappa shape index (κ1) is 22.9. The molecule has 1 heterocycles. The third kappa shape index (κ3) is 8.34. The minimum atomic E-state index is -0.468. The van der Waals surface area contributed by atoms with E-state index in [9.17, 15) is 14.0 Å². The number of carbonyl (C=O) groups is 2. The molecule has 3 N–H and O–H groups in total. The number of nitrogens with two attached hydrogens (primary N) is 1. The van der Waals surface area contributed by atoms with E-state index in [1.807, 2.05) is 0 Å². The maximum Gasteiger partial charge on any atom is 0.229 e. The number of piperazine rings is 1. The van der Waals surface area contributed by atoms with Gasteiger partial charge < -0.3 is 16.0 Å². The third-order valence-electron chi connectivity index (χ3n) is 4.52. The van der Waals surface area contributed by atoms with Crippen molar-refractivity contribution in [2.24, 2.45) is 5.73 Å². The van der Waals surface area contributed by atoms with Gasteiger partial charge in [0.2, 0.25) is 11.8 Å². The number of carbonyl (C=O) groups excluding carboxylic acids is 2. The van der Waals surface area contributed by atoms with E-state index in [0.29, 0.717) is 35.2 Å². The molecule has 0 aliphatic carbocycles. The highest BCUT2D eigenvalue weighted by Gasteiger charge is 2.19. The van der Waals surface area contributed by atoms with Crippen LogP contribution in [-0.4, -0.2) is 72.4 Å². The summed E-state index contributed by atoms with van der Waals surface area (Å²) in [5, 5.41) is 3.36. The monoisotopic (exact) mass is 429 g/mol. The highest BCUT2D eigenvalue weighted by Crippen LogP contribution is 2.21. The molecule has 1 fully saturated rings. The molecule has 0 bridgehead atoms. The predicted molar refractivity (Wildman–Crippen MR) is 112 cm³/mol. The molecule has 0 saturated carbocycles. The van der Waals surface area contributed by atoms with Gasteiger partial charge in [-0.15, -0.1) is 0 Å². The van der Waals surface area contributed by atoms with Crippen LogP contribution in [-0.2, 0) is 16.1 Å². The van der Waals surface area contributed by atoms with Gasteiger partial charge in [-0.1, -0.05) is 17.7 Å². The summed E-state index contributed by atoms with van der Waals surface area (Å²) in [6.45, 7) is 5.63. The first-order valence-electron chi connectivity index (χ1n) is 9.30. The van der Waals surface area contributed by atoms with Gasteiger partial charge in [0.15, 0.2) is 0 Å². The Morgan fingerprint density at radius 1 is 1.25 bits per heavy atom. The number of thioether (sulfide) groups is 1. The van der Waals surface area contributed by atoms with Crippen molar-refractivity contribution in [3.8, 4) is 0 Å². The van der Waals surface area contributed by atoms with E-state index in [-0.39, 0.29) is 11.7 Å². The van der Waals surface area contributed by atoms with E-state index in [1.165, 1.54) is 24.2 Å². The lowest BCUT2D eigenvalue weighted by atomic mass is 10.2. The fourth-order valence-corrected chi connectivity index (χ4v) is 3.86. The van der Waals surface area contributed by atoms with Crippen LogP contribution in [0.5, 0.6) is 0 Å². The first-order valence-corrected chi connectivity index (χ1v) is 10.8. The molecule has 6 nitrogen and oxygen atoms in total. The van der Waals surface area contributed by atoms with Crippen molar-refractivity contribution in [3.63, 3.8) is 0 Å². The van der Waals surface area contributed by atoms with Crippen LogP contribution in [0.1, 0.15) is 12.0 Å². The Hall–Kier alpha value is -1.35. The highest BCUT2D eigenvalue weighted by atomic mass is 35.5. The molecule has 0 atom stereocenters. The van der Waals surface area contributed by atoms with Gasteiger partial charge in [-0.2, -0.15) is 11.8 Å². The maximum absolute atomic E-state index is 13.9. The summed E-state index contributed by atoms with van der Waals surface area (Å²) >= 11 is 7.46. The Morgan fingerprint density at radius 2 is 1.96 bits per heavy atom. The van der Waals surface area contributed by atoms with E-state index >= 15 is 0 Å². The Bertz CT molecular complexity index is 637. The Kier molecular flexibility index (Phi) is 10.0. The SMILES string of the molecule is NC(=O)[CH]CSCC(=O)NCCCN1CCN(Cc2c(F)cccc2Cl)CC1. The molecule has 0 spiro atoms. The lowest BCUT2D eigenvalue weighted by Gasteiger charge is -2.34. The van der Waals surface area contributed by atoms with Crippen LogP contribution < -0.4 is 11.1 Å². The number of nitrogens with one attached hydrogen (secondary N) is 1. The van der Waals surface area contributed by atoms with Crippen molar-refractivity contribution >= 4 is 35.2 Å².